The molecule has 0 radical (unpaired) electrons. The van der Waals surface area contributed by atoms with Gasteiger partial charge in [-0.25, -0.2) is 14.4 Å². The quantitative estimate of drug-likeness (QED) is 0.185. The van der Waals surface area contributed by atoms with E-state index in [1.807, 2.05) is 20.8 Å². The third-order valence-electron chi connectivity index (χ3n) is 5.46. The molecule has 39 heavy (non-hydrogen) atoms. The van der Waals surface area contributed by atoms with E-state index in [1.54, 1.807) is 33.8 Å². The molecule has 1 aromatic carbocycles. The van der Waals surface area contributed by atoms with E-state index in [4.69, 9.17) is 38.9 Å². The minimum absolute atomic E-state index is 0.00550. The first-order valence-electron chi connectivity index (χ1n) is 13.0. The molecule has 220 valence electrons. The Bertz CT molecular complexity index is 963. The van der Waals surface area contributed by atoms with Gasteiger partial charge in [0.25, 0.3) is 0 Å². The molecule has 1 aromatic rings. The average Bonchev–Trinajstić information content (AvgIpc) is 2.87. The number of rotatable bonds is 14. The first-order chi connectivity index (χ1) is 18.3. The Morgan fingerprint density at radius 3 is 1.90 bits per heavy atom. The number of carbonyl (C=O) groups excluding carboxylic acids is 4. The highest BCUT2D eigenvalue weighted by molar-refractivity contribution is 5.76. The molecule has 12 nitrogen and oxygen atoms in total. The highest BCUT2D eigenvalue weighted by Gasteiger charge is 2.28. The molecule has 0 amide bonds. The van der Waals surface area contributed by atoms with Crippen molar-refractivity contribution in [2.24, 2.45) is 5.73 Å². The second-order valence-electron chi connectivity index (χ2n) is 9.42. The normalized spacial score (nSPS) is 13.3. The number of hydrogen-bond acceptors (Lipinski definition) is 12. The zero-order chi connectivity index (χ0) is 29.6. The smallest absolute Gasteiger partial charge is 0.458 e. The number of esters is 1. The lowest BCUT2D eigenvalue weighted by Crippen LogP contribution is -2.40. The van der Waals surface area contributed by atoms with Crippen LogP contribution in [0.4, 0.5) is 14.4 Å². The van der Waals surface area contributed by atoms with Crippen molar-refractivity contribution in [1.82, 2.24) is 0 Å². The summed E-state index contributed by atoms with van der Waals surface area (Å²) in [5.74, 6) is -0.942. The molecule has 1 rings (SSSR count). The van der Waals surface area contributed by atoms with Gasteiger partial charge in [0, 0.05) is 0 Å². The summed E-state index contributed by atoms with van der Waals surface area (Å²) >= 11 is 0. The van der Waals surface area contributed by atoms with E-state index in [2.05, 4.69) is 0 Å². The summed E-state index contributed by atoms with van der Waals surface area (Å²) < 4.78 is 36.0. The molecule has 0 saturated carbocycles. The monoisotopic (exact) mass is 555 g/mol. The number of benzene rings is 1. The van der Waals surface area contributed by atoms with Gasteiger partial charge >= 0.3 is 24.4 Å². The Morgan fingerprint density at radius 1 is 0.821 bits per heavy atom. The maximum atomic E-state index is 12.6. The SMILES string of the molecule is CCCOC(=O)Oc1ccc(C[C@H](N)C(=O)O[C@@H](C)C(C)OC(=O)OC(C)(C)CC)cc1OC(=O)OCCC. The van der Waals surface area contributed by atoms with Gasteiger partial charge in [-0.15, -0.1) is 0 Å². The standard InChI is InChI=1S/C27H41NO11/c1-8-13-33-24(30)37-21-12-11-19(16-22(21)38-25(31)34-14-9-2)15-20(28)23(29)35-17(4)18(5)36-26(32)39-27(6,7)10-3/h11-12,16-18,20H,8-10,13-15,28H2,1-7H3/t17-,18?,20-/m0/s1. The van der Waals surface area contributed by atoms with Crippen LogP contribution in [0.1, 0.15) is 73.3 Å². The Labute approximate surface area is 229 Å². The fourth-order valence-electron chi connectivity index (χ4n) is 2.73. The van der Waals surface area contributed by atoms with Gasteiger partial charge in [-0.2, -0.15) is 0 Å². The number of ether oxygens (including phenoxy) is 7. The van der Waals surface area contributed by atoms with Crippen molar-refractivity contribution >= 4 is 24.4 Å². The van der Waals surface area contributed by atoms with Gasteiger partial charge in [-0.05, 0) is 71.1 Å². The van der Waals surface area contributed by atoms with Gasteiger partial charge in [0.15, 0.2) is 11.5 Å². The van der Waals surface area contributed by atoms with E-state index in [0.717, 1.165) is 0 Å². The van der Waals surface area contributed by atoms with Crippen molar-refractivity contribution in [2.45, 2.75) is 98.0 Å². The van der Waals surface area contributed by atoms with Crippen molar-refractivity contribution in [3.63, 3.8) is 0 Å². The Hall–Kier alpha value is -3.54. The largest absolute Gasteiger partial charge is 0.513 e. The lowest BCUT2D eigenvalue weighted by molar-refractivity contribution is -0.156. The summed E-state index contributed by atoms with van der Waals surface area (Å²) in [5.41, 5.74) is 5.84. The first kappa shape index (κ1) is 33.5. The Balaban J connectivity index is 2.86. The third kappa shape index (κ3) is 12.7. The zero-order valence-electron chi connectivity index (χ0n) is 23.8. The van der Waals surface area contributed by atoms with Crippen LogP contribution in [0.15, 0.2) is 18.2 Å². The summed E-state index contributed by atoms with van der Waals surface area (Å²) in [6.07, 6.45) is -2.66. The van der Waals surface area contributed by atoms with Crippen LogP contribution in [0.5, 0.6) is 11.5 Å². The lowest BCUT2D eigenvalue weighted by atomic mass is 10.1. The van der Waals surface area contributed by atoms with Crippen molar-refractivity contribution < 1.29 is 52.3 Å². The second-order valence-corrected chi connectivity index (χ2v) is 9.42. The second kappa shape index (κ2) is 16.4. The van der Waals surface area contributed by atoms with E-state index in [-0.39, 0.29) is 31.1 Å². The molecule has 0 bridgehead atoms. The van der Waals surface area contributed by atoms with Gasteiger partial charge in [-0.3, -0.25) is 4.79 Å². The molecule has 0 saturated heterocycles. The highest BCUT2D eigenvalue weighted by Crippen LogP contribution is 2.30. The van der Waals surface area contributed by atoms with Crippen LogP contribution in [-0.4, -0.2) is 61.5 Å². The molecule has 1 unspecified atom stereocenters. The van der Waals surface area contributed by atoms with E-state index in [0.29, 0.717) is 24.8 Å². The molecule has 0 heterocycles. The van der Waals surface area contributed by atoms with E-state index in [1.165, 1.54) is 12.1 Å². The summed E-state index contributed by atoms with van der Waals surface area (Å²) in [4.78, 5) is 48.5. The summed E-state index contributed by atoms with van der Waals surface area (Å²) in [6, 6.07) is 3.21. The van der Waals surface area contributed by atoms with Crippen LogP contribution >= 0.6 is 0 Å². The molecule has 0 spiro atoms. The number of hydrogen-bond donors (Lipinski definition) is 1. The predicted molar refractivity (Wildman–Crippen MR) is 140 cm³/mol. The Morgan fingerprint density at radius 2 is 1.36 bits per heavy atom. The molecule has 0 fully saturated rings. The predicted octanol–water partition coefficient (Wildman–Crippen LogP) is 5.07. The molecule has 0 aliphatic rings. The van der Waals surface area contributed by atoms with Crippen molar-refractivity contribution in [3.05, 3.63) is 23.8 Å². The molecular weight excluding hydrogens is 514 g/mol. The molecule has 12 heteroatoms. The number of nitrogens with two attached hydrogens (primary N) is 1. The average molecular weight is 556 g/mol. The van der Waals surface area contributed by atoms with Gasteiger partial charge < -0.3 is 38.9 Å². The van der Waals surface area contributed by atoms with E-state index in [9.17, 15) is 19.2 Å². The van der Waals surface area contributed by atoms with Crippen molar-refractivity contribution in [2.75, 3.05) is 13.2 Å². The number of carbonyl (C=O) groups is 4. The van der Waals surface area contributed by atoms with Gasteiger partial charge in [-0.1, -0.05) is 26.8 Å². The summed E-state index contributed by atoms with van der Waals surface area (Å²) in [5, 5.41) is 0. The van der Waals surface area contributed by atoms with Gasteiger partial charge in [0.2, 0.25) is 0 Å². The van der Waals surface area contributed by atoms with Crippen molar-refractivity contribution in [1.29, 1.82) is 0 Å². The topological polar surface area (TPSA) is 159 Å². The fraction of sp³-hybridized carbons (Fsp3) is 0.630. The van der Waals surface area contributed by atoms with Crippen LogP contribution in [0.2, 0.25) is 0 Å². The van der Waals surface area contributed by atoms with Gasteiger partial charge in [0.05, 0.1) is 13.2 Å². The zero-order valence-corrected chi connectivity index (χ0v) is 23.8. The summed E-state index contributed by atoms with van der Waals surface area (Å²) in [6.45, 7) is 12.4. The minimum atomic E-state index is -1.10. The van der Waals surface area contributed by atoms with Gasteiger partial charge in [0.1, 0.15) is 23.9 Å². The highest BCUT2D eigenvalue weighted by atomic mass is 16.8. The molecular formula is C27H41NO11. The van der Waals surface area contributed by atoms with Crippen molar-refractivity contribution in [3.8, 4) is 11.5 Å². The Kier molecular flexibility index (Phi) is 14.1. The first-order valence-corrected chi connectivity index (χ1v) is 13.0. The van der Waals surface area contributed by atoms with Crippen LogP contribution < -0.4 is 15.2 Å². The minimum Gasteiger partial charge on any atom is -0.458 e. The molecule has 2 N–H and O–H groups in total. The lowest BCUT2D eigenvalue weighted by Gasteiger charge is -2.26. The van der Waals surface area contributed by atoms with E-state index < -0.39 is 48.3 Å². The maximum absolute atomic E-state index is 12.6. The molecule has 0 aliphatic heterocycles. The molecule has 3 atom stereocenters. The van der Waals surface area contributed by atoms with Crippen LogP contribution in [0, 0.1) is 0 Å². The third-order valence-corrected chi connectivity index (χ3v) is 5.46. The molecule has 0 aromatic heterocycles. The maximum Gasteiger partial charge on any atom is 0.513 e. The fourth-order valence-corrected chi connectivity index (χ4v) is 2.73. The van der Waals surface area contributed by atoms with Crippen LogP contribution in [0.3, 0.4) is 0 Å². The van der Waals surface area contributed by atoms with E-state index >= 15 is 0 Å². The summed E-state index contributed by atoms with van der Waals surface area (Å²) in [7, 11) is 0. The van der Waals surface area contributed by atoms with Crippen LogP contribution in [-0.2, 0) is 34.9 Å². The molecule has 0 aliphatic carbocycles. The van der Waals surface area contributed by atoms with Crippen LogP contribution in [0.25, 0.3) is 0 Å².